The van der Waals surface area contributed by atoms with E-state index >= 15 is 0 Å². The molecular formula is C17H13BrN6O. The lowest BCUT2D eigenvalue weighted by Gasteiger charge is -2.14. The Bertz CT molecular complexity index is 894. The minimum Gasteiger partial charge on any atom is -0.345 e. The summed E-state index contributed by atoms with van der Waals surface area (Å²) in [5.41, 5.74) is 10.2. The molecule has 0 fully saturated rings. The molecule has 1 N–H and O–H groups in total. The van der Waals surface area contributed by atoms with Gasteiger partial charge in [0.05, 0.1) is 11.7 Å². The summed E-state index contributed by atoms with van der Waals surface area (Å²) in [5.74, 6) is -0.490. The SMILES string of the molecule is C[C@H](NC(=O)/C(C#N)=C/c1cccc(Br)n1)c1ccc(N=[N+]=[N-])cc1. The van der Waals surface area contributed by atoms with Gasteiger partial charge in [0.2, 0.25) is 0 Å². The Labute approximate surface area is 152 Å². The molecule has 0 saturated carbocycles. The van der Waals surface area contributed by atoms with Gasteiger partial charge in [0.15, 0.2) is 0 Å². The monoisotopic (exact) mass is 396 g/mol. The summed E-state index contributed by atoms with van der Waals surface area (Å²) in [6.07, 6.45) is 1.43. The molecule has 0 spiro atoms. The van der Waals surface area contributed by atoms with Crippen LogP contribution in [0.25, 0.3) is 16.5 Å². The third-order valence-electron chi connectivity index (χ3n) is 3.29. The number of rotatable bonds is 5. The minimum absolute atomic E-state index is 0.0387. The Morgan fingerprint density at radius 1 is 1.40 bits per heavy atom. The lowest BCUT2D eigenvalue weighted by Crippen LogP contribution is -2.27. The molecule has 124 valence electrons. The number of carbonyl (C=O) groups is 1. The number of halogens is 1. The van der Waals surface area contributed by atoms with Crippen molar-refractivity contribution in [1.29, 1.82) is 5.26 Å². The van der Waals surface area contributed by atoms with Gasteiger partial charge in [-0.1, -0.05) is 35.4 Å². The van der Waals surface area contributed by atoms with Gasteiger partial charge in [0.1, 0.15) is 16.2 Å². The summed E-state index contributed by atoms with van der Waals surface area (Å²) in [6.45, 7) is 1.80. The van der Waals surface area contributed by atoms with E-state index in [1.165, 1.54) is 6.08 Å². The molecule has 1 aromatic carbocycles. The first-order valence-electron chi connectivity index (χ1n) is 7.23. The summed E-state index contributed by atoms with van der Waals surface area (Å²) >= 11 is 3.24. The zero-order valence-corrected chi connectivity index (χ0v) is 14.8. The van der Waals surface area contributed by atoms with Gasteiger partial charge < -0.3 is 5.32 Å². The lowest BCUT2D eigenvalue weighted by molar-refractivity contribution is -0.117. The maximum absolute atomic E-state index is 12.3. The number of carbonyl (C=O) groups excluding carboxylic acids is 1. The van der Waals surface area contributed by atoms with Crippen molar-refractivity contribution in [1.82, 2.24) is 10.3 Å². The number of azide groups is 1. The van der Waals surface area contributed by atoms with Crippen molar-refractivity contribution in [3.63, 3.8) is 0 Å². The Kier molecular flexibility index (Phi) is 6.29. The van der Waals surface area contributed by atoms with Crippen LogP contribution in [0.3, 0.4) is 0 Å². The molecule has 2 aromatic rings. The van der Waals surface area contributed by atoms with Gasteiger partial charge in [-0.05, 0) is 52.2 Å². The second-order valence-corrected chi connectivity index (χ2v) is 5.84. The number of pyridine rings is 1. The lowest BCUT2D eigenvalue weighted by atomic mass is 10.1. The first kappa shape index (κ1) is 18.2. The number of nitrogens with one attached hydrogen (secondary N) is 1. The molecule has 7 nitrogen and oxygen atoms in total. The number of nitrogens with zero attached hydrogens (tertiary/aromatic N) is 5. The van der Waals surface area contributed by atoms with Crippen molar-refractivity contribution in [3.05, 3.63) is 74.3 Å². The standard InChI is InChI=1S/C17H13BrN6O/c1-11(12-5-7-14(8-6-12)23-24-20)21-17(25)13(10-19)9-15-3-2-4-16(18)22-15/h2-9,11H,1H3,(H,21,25)/b13-9+/t11-/m0/s1. The number of aromatic nitrogens is 1. The zero-order chi connectivity index (χ0) is 18.2. The Balaban J connectivity index is 2.13. The van der Waals surface area contributed by atoms with E-state index in [1.54, 1.807) is 49.4 Å². The van der Waals surface area contributed by atoms with Gasteiger partial charge in [-0.2, -0.15) is 5.26 Å². The van der Waals surface area contributed by atoms with Crippen LogP contribution in [0.4, 0.5) is 5.69 Å². The van der Waals surface area contributed by atoms with Crippen LogP contribution < -0.4 is 5.32 Å². The van der Waals surface area contributed by atoms with E-state index in [4.69, 9.17) is 5.53 Å². The van der Waals surface area contributed by atoms with E-state index in [0.29, 0.717) is 16.0 Å². The highest BCUT2D eigenvalue weighted by atomic mass is 79.9. The molecule has 1 aromatic heterocycles. The van der Waals surface area contributed by atoms with Crippen LogP contribution in [0.2, 0.25) is 0 Å². The second-order valence-electron chi connectivity index (χ2n) is 5.03. The minimum atomic E-state index is -0.490. The summed E-state index contributed by atoms with van der Waals surface area (Å²) in [5, 5.41) is 15.5. The van der Waals surface area contributed by atoms with Crippen molar-refractivity contribution < 1.29 is 4.79 Å². The predicted molar refractivity (Wildman–Crippen MR) is 97.3 cm³/mol. The number of benzene rings is 1. The van der Waals surface area contributed by atoms with Crippen LogP contribution >= 0.6 is 15.9 Å². The zero-order valence-electron chi connectivity index (χ0n) is 13.2. The van der Waals surface area contributed by atoms with Gasteiger partial charge in [-0.15, -0.1) is 0 Å². The molecule has 25 heavy (non-hydrogen) atoms. The van der Waals surface area contributed by atoms with Gasteiger partial charge in [-0.3, -0.25) is 4.79 Å². The van der Waals surface area contributed by atoms with E-state index in [9.17, 15) is 10.1 Å². The van der Waals surface area contributed by atoms with Crippen LogP contribution in [-0.4, -0.2) is 10.9 Å². The van der Waals surface area contributed by atoms with E-state index in [0.717, 1.165) is 5.56 Å². The molecule has 1 atom stereocenters. The van der Waals surface area contributed by atoms with Crippen molar-refractivity contribution >= 4 is 33.6 Å². The fraction of sp³-hybridized carbons (Fsp3) is 0.118. The van der Waals surface area contributed by atoms with E-state index in [2.05, 4.69) is 36.3 Å². The topological polar surface area (TPSA) is 115 Å². The Hall–Kier alpha value is -3.14. The van der Waals surface area contributed by atoms with Gasteiger partial charge >= 0.3 is 0 Å². The van der Waals surface area contributed by atoms with Crippen LogP contribution in [0.5, 0.6) is 0 Å². The average molecular weight is 397 g/mol. The quantitative estimate of drug-likeness (QED) is 0.199. The van der Waals surface area contributed by atoms with Crippen LogP contribution in [0, 0.1) is 11.3 Å². The molecule has 2 rings (SSSR count). The number of hydrogen-bond donors (Lipinski definition) is 1. The van der Waals surface area contributed by atoms with E-state index in [-0.39, 0.29) is 11.6 Å². The fourth-order valence-corrected chi connectivity index (χ4v) is 2.40. The first-order chi connectivity index (χ1) is 12.0. The normalized spacial score (nSPS) is 11.8. The molecule has 1 amide bonds. The van der Waals surface area contributed by atoms with Crippen molar-refractivity contribution in [3.8, 4) is 6.07 Å². The Morgan fingerprint density at radius 3 is 2.72 bits per heavy atom. The van der Waals surface area contributed by atoms with Crippen molar-refractivity contribution in [2.45, 2.75) is 13.0 Å². The maximum Gasteiger partial charge on any atom is 0.262 e. The molecule has 0 aliphatic heterocycles. The smallest absolute Gasteiger partial charge is 0.262 e. The first-order valence-corrected chi connectivity index (χ1v) is 8.03. The molecule has 8 heteroatoms. The molecule has 0 radical (unpaired) electrons. The molecular weight excluding hydrogens is 384 g/mol. The van der Waals surface area contributed by atoms with Crippen LogP contribution in [-0.2, 0) is 4.79 Å². The molecule has 0 aliphatic rings. The van der Waals surface area contributed by atoms with Crippen LogP contribution in [0.15, 0.2) is 57.8 Å². The molecule has 0 bridgehead atoms. The summed E-state index contributed by atoms with van der Waals surface area (Å²) < 4.78 is 0.618. The highest BCUT2D eigenvalue weighted by Crippen LogP contribution is 2.19. The third-order valence-corrected chi connectivity index (χ3v) is 3.74. The summed E-state index contributed by atoms with van der Waals surface area (Å²) in [6, 6.07) is 13.6. The fourth-order valence-electron chi connectivity index (χ4n) is 2.04. The molecule has 1 heterocycles. The van der Waals surface area contributed by atoms with E-state index in [1.807, 2.05) is 6.07 Å². The van der Waals surface area contributed by atoms with Crippen LogP contribution in [0.1, 0.15) is 24.2 Å². The van der Waals surface area contributed by atoms with Gasteiger partial charge in [0, 0.05) is 10.6 Å². The maximum atomic E-state index is 12.3. The molecule has 0 unspecified atom stereocenters. The summed E-state index contributed by atoms with van der Waals surface area (Å²) in [7, 11) is 0. The number of nitriles is 1. The van der Waals surface area contributed by atoms with Crippen molar-refractivity contribution in [2.24, 2.45) is 5.11 Å². The average Bonchev–Trinajstić information content (AvgIpc) is 2.60. The number of amides is 1. The van der Waals surface area contributed by atoms with Crippen molar-refractivity contribution in [2.75, 3.05) is 0 Å². The third kappa shape index (κ3) is 5.18. The molecule has 0 saturated heterocycles. The van der Waals surface area contributed by atoms with Gasteiger partial charge in [0.25, 0.3) is 5.91 Å². The largest absolute Gasteiger partial charge is 0.345 e. The Morgan fingerprint density at radius 2 is 2.12 bits per heavy atom. The highest BCUT2D eigenvalue weighted by molar-refractivity contribution is 9.10. The summed E-state index contributed by atoms with van der Waals surface area (Å²) in [4.78, 5) is 19.2. The number of hydrogen-bond acceptors (Lipinski definition) is 4. The van der Waals surface area contributed by atoms with E-state index < -0.39 is 5.91 Å². The predicted octanol–water partition coefficient (Wildman–Crippen LogP) is 4.57. The second kappa shape index (κ2) is 8.64. The highest BCUT2D eigenvalue weighted by Gasteiger charge is 2.14. The van der Waals surface area contributed by atoms with Gasteiger partial charge in [-0.25, -0.2) is 4.98 Å². The molecule has 0 aliphatic carbocycles.